The number of hydrogen-bond acceptors (Lipinski definition) is 2. The van der Waals surface area contributed by atoms with Crippen molar-refractivity contribution < 1.29 is 9.53 Å². The van der Waals surface area contributed by atoms with Gasteiger partial charge < -0.3 is 10.1 Å². The van der Waals surface area contributed by atoms with Gasteiger partial charge in [0.25, 0.3) is 5.91 Å². The van der Waals surface area contributed by atoms with Crippen molar-refractivity contribution in [3.8, 4) is 5.75 Å². The molecule has 1 unspecified atom stereocenters. The molecule has 3 heteroatoms. The smallest absolute Gasteiger partial charge is 0.261 e. The van der Waals surface area contributed by atoms with Crippen LogP contribution < -0.4 is 10.1 Å². The van der Waals surface area contributed by atoms with Crippen LogP contribution in [0.4, 0.5) is 0 Å². The van der Waals surface area contributed by atoms with Crippen LogP contribution in [0.1, 0.15) is 32.3 Å². The molecule has 0 aliphatic rings. The van der Waals surface area contributed by atoms with Gasteiger partial charge >= 0.3 is 0 Å². The fourth-order valence-electron chi connectivity index (χ4n) is 1.47. The molecule has 0 heterocycles. The van der Waals surface area contributed by atoms with Gasteiger partial charge in [0.2, 0.25) is 0 Å². The van der Waals surface area contributed by atoms with Crippen LogP contribution in [0.2, 0.25) is 0 Å². The Morgan fingerprint density at radius 1 is 1.29 bits per heavy atom. The zero-order valence-electron chi connectivity index (χ0n) is 10.8. The van der Waals surface area contributed by atoms with Crippen LogP contribution in [0.3, 0.4) is 0 Å². The van der Waals surface area contributed by atoms with E-state index in [2.05, 4.69) is 5.32 Å². The number of nitrogens with one attached hydrogen (secondary N) is 1. The molecule has 0 aliphatic carbocycles. The van der Waals surface area contributed by atoms with Gasteiger partial charge in [-0.05, 0) is 31.9 Å². The van der Waals surface area contributed by atoms with Gasteiger partial charge in [-0.3, -0.25) is 4.79 Å². The van der Waals surface area contributed by atoms with Gasteiger partial charge in [-0.2, -0.15) is 0 Å². The molecule has 1 rings (SSSR count). The summed E-state index contributed by atoms with van der Waals surface area (Å²) in [6.45, 7) is 6.70. The van der Waals surface area contributed by atoms with Gasteiger partial charge in [0, 0.05) is 6.54 Å². The van der Waals surface area contributed by atoms with Gasteiger partial charge in [0.1, 0.15) is 5.75 Å². The third-order valence-electron chi connectivity index (χ3n) is 2.51. The molecule has 3 nitrogen and oxygen atoms in total. The second-order valence-electron chi connectivity index (χ2n) is 4.12. The Kier molecular flexibility index (Phi) is 5.53. The van der Waals surface area contributed by atoms with E-state index in [1.54, 1.807) is 0 Å². The zero-order valence-corrected chi connectivity index (χ0v) is 10.8. The highest BCUT2D eigenvalue weighted by molar-refractivity contribution is 5.81. The molecule has 1 N–H and O–H groups in total. The van der Waals surface area contributed by atoms with Gasteiger partial charge in [0.05, 0.1) is 0 Å². The summed E-state index contributed by atoms with van der Waals surface area (Å²) in [5, 5.41) is 2.85. The summed E-state index contributed by atoms with van der Waals surface area (Å²) in [4.78, 5) is 11.8. The van der Waals surface area contributed by atoms with Crippen molar-refractivity contribution in [1.29, 1.82) is 0 Å². The van der Waals surface area contributed by atoms with Crippen molar-refractivity contribution in [2.24, 2.45) is 0 Å². The van der Waals surface area contributed by atoms with Crippen molar-refractivity contribution in [1.82, 2.24) is 5.32 Å². The quantitative estimate of drug-likeness (QED) is 0.823. The molecule has 1 amide bonds. The third-order valence-corrected chi connectivity index (χ3v) is 2.51. The summed E-state index contributed by atoms with van der Waals surface area (Å²) in [6, 6.07) is 7.74. The van der Waals surface area contributed by atoms with Crippen molar-refractivity contribution in [2.45, 2.75) is 39.7 Å². The van der Waals surface area contributed by atoms with Gasteiger partial charge in [-0.1, -0.05) is 31.5 Å². The Morgan fingerprint density at radius 3 is 2.47 bits per heavy atom. The summed E-state index contributed by atoms with van der Waals surface area (Å²) >= 11 is 0. The number of aryl methyl sites for hydroxylation is 1. The normalized spacial score (nSPS) is 11.9. The van der Waals surface area contributed by atoms with Crippen LogP contribution in [0, 0.1) is 6.92 Å². The monoisotopic (exact) mass is 235 g/mol. The highest BCUT2D eigenvalue weighted by Crippen LogP contribution is 2.14. The van der Waals surface area contributed by atoms with E-state index in [1.165, 1.54) is 5.56 Å². The number of carbonyl (C=O) groups excluding carboxylic acids is 1. The van der Waals surface area contributed by atoms with Gasteiger partial charge in [-0.15, -0.1) is 0 Å². The first kappa shape index (κ1) is 13.6. The third kappa shape index (κ3) is 4.47. The molecule has 0 radical (unpaired) electrons. The summed E-state index contributed by atoms with van der Waals surface area (Å²) in [6.07, 6.45) is 1.21. The molecular weight excluding hydrogens is 214 g/mol. The molecule has 0 fully saturated rings. The minimum absolute atomic E-state index is 0.0325. The standard InChI is InChI=1S/C14H21NO2/c1-4-10-15-14(16)13(5-2)17-12-8-6-11(3)7-9-12/h6-9,13H,4-5,10H2,1-3H3,(H,15,16). The van der Waals surface area contributed by atoms with Crippen molar-refractivity contribution in [3.05, 3.63) is 29.8 Å². The SMILES string of the molecule is CCCNC(=O)C(CC)Oc1ccc(C)cc1. The molecule has 0 aromatic heterocycles. The molecule has 0 saturated carbocycles. The minimum atomic E-state index is -0.399. The van der Waals surface area contributed by atoms with Crippen LogP contribution in [-0.4, -0.2) is 18.6 Å². The fraction of sp³-hybridized carbons (Fsp3) is 0.500. The first-order valence-corrected chi connectivity index (χ1v) is 6.18. The Labute approximate surface area is 103 Å². The first-order valence-electron chi connectivity index (χ1n) is 6.18. The van der Waals surface area contributed by atoms with Gasteiger partial charge in [-0.25, -0.2) is 0 Å². The number of benzene rings is 1. The van der Waals surface area contributed by atoms with Crippen LogP contribution in [0.15, 0.2) is 24.3 Å². The van der Waals surface area contributed by atoms with Gasteiger partial charge in [0.15, 0.2) is 6.10 Å². The number of rotatable bonds is 6. The Bertz CT molecular complexity index is 346. The molecule has 94 valence electrons. The molecule has 1 aromatic rings. The van der Waals surface area contributed by atoms with Crippen molar-refractivity contribution in [2.75, 3.05) is 6.54 Å². The predicted octanol–water partition coefficient (Wildman–Crippen LogP) is 2.68. The van der Waals surface area contributed by atoms with E-state index < -0.39 is 6.10 Å². The summed E-state index contributed by atoms with van der Waals surface area (Å²) < 4.78 is 5.67. The van der Waals surface area contributed by atoms with Crippen molar-refractivity contribution >= 4 is 5.91 Å². The second-order valence-corrected chi connectivity index (χ2v) is 4.12. The number of hydrogen-bond donors (Lipinski definition) is 1. The van der Waals surface area contributed by atoms with E-state index in [9.17, 15) is 4.79 Å². The van der Waals surface area contributed by atoms with E-state index in [4.69, 9.17) is 4.74 Å². The average Bonchev–Trinajstić information content (AvgIpc) is 2.35. The second kappa shape index (κ2) is 6.94. The minimum Gasteiger partial charge on any atom is -0.481 e. The Hall–Kier alpha value is -1.51. The lowest BCUT2D eigenvalue weighted by molar-refractivity contribution is -0.128. The summed E-state index contributed by atoms with van der Waals surface area (Å²) in [7, 11) is 0. The van der Waals surface area contributed by atoms with E-state index in [1.807, 2.05) is 45.0 Å². The largest absolute Gasteiger partial charge is 0.481 e. The fourth-order valence-corrected chi connectivity index (χ4v) is 1.47. The molecule has 1 aromatic carbocycles. The lowest BCUT2D eigenvalue weighted by Crippen LogP contribution is -2.38. The predicted molar refractivity (Wildman–Crippen MR) is 69.2 cm³/mol. The lowest BCUT2D eigenvalue weighted by Gasteiger charge is -2.17. The Balaban J connectivity index is 2.57. The zero-order chi connectivity index (χ0) is 12.7. The maximum absolute atomic E-state index is 11.8. The molecule has 0 bridgehead atoms. The maximum atomic E-state index is 11.8. The molecular formula is C14H21NO2. The lowest BCUT2D eigenvalue weighted by atomic mass is 10.2. The summed E-state index contributed by atoms with van der Waals surface area (Å²) in [5.74, 6) is 0.712. The van der Waals surface area contributed by atoms with Crippen LogP contribution in [-0.2, 0) is 4.79 Å². The van der Waals surface area contributed by atoms with Crippen LogP contribution >= 0.6 is 0 Å². The number of ether oxygens (including phenoxy) is 1. The molecule has 0 saturated heterocycles. The first-order chi connectivity index (χ1) is 8.17. The van der Waals surface area contributed by atoms with E-state index in [0.717, 1.165) is 12.2 Å². The maximum Gasteiger partial charge on any atom is 0.261 e. The summed E-state index contributed by atoms with van der Waals surface area (Å²) in [5.41, 5.74) is 1.18. The van der Waals surface area contributed by atoms with E-state index >= 15 is 0 Å². The topological polar surface area (TPSA) is 38.3 Å². The number of amides is 1. The molecule has 17 heavy (non-hydrogen) atoms. The van der Waals surface area contributed by atoms with Crippen LogP contribution in [0.5, 0.6) is 5.75 Å². The molecule has 0 spiro atoms. The van der Waals surface area contributed by atoms with E-state index in [-0.39, 0.29) is 5.91 Å². The molecule has 1 atom stereocenters. The average molecular weight is 235 g/mol. The van der Waals surface area contributed by atoms with Crippen LogP contribution in [0.25, 0.3) is 0 Å². The highest BCUT2D eigenvalue weighted by atomic mass is 16.5. The van der Waals surface area contributed by atoms with E-state index in [0.29, 0.717) is 13.0 Å². The Morgan fingerprint density at radius 2 is 1.94 bits per heavy atom. The highest BCUT2D eigenvalue weighted by Gasteiger charge is 2.17. The number of carbonyl (C=O) groups is 1. The van der Waals surface area contributed by atoms with Crippen molar-refractivity contribution in [3.63, 3.8) is 0 Å². The molecule has 0 aliphatic heterocycles.